The third-order valence-corrected chi connectivity index (χ3v) is 3.48. The summed E-state index contributed by atoms with van der Waals surface area (Å²) in [5, 5.41) is 0. The smallest absolute Gasteiger partial charge is 0.230 e. The van der Waals surface area contributed by atoms with E-state index in [9.17, 15) is 13.6 Å². The van der Waals surface area contributed by atoms with Gasteiger partial charge in [0, 0.05) is 19.2 Å². The molecular weight excluding hydrogens is 200 g/mol. The van der Waals surface area contributed by atoms with Crippen LogP contribution in [0.3, 0.4) is 0 Å². The first-order valence-corrected chi connectivity index (χ1v) is 5.24. The molecule has 1 aliphatic carbocycles. The highest BCUT2D eigenvalue weighted by Gasteiger charge is 2.44. The lowest BCUT2D eigenvalue weighted by Gasteiger charge is -2.39. The van der Waals surface area contributed by atoms with E-state index < -0.39 is 12.3 Å². The zero-order valence-corrected chi connectivity index (χ0v) is 8.91. The van der Waals surface area contributed by atoms with Crippen molar-refractivity contribution < 1.29 is 13.6 Å². The molecule has 84 valence electrons. The van der Waals surface area contributed by atoms with Gasteiger partial charge < -0.3 is 4.90 Å². The molecule has 4 atom stereocenters. The third kappa shape index (κ3) is 1.66. The van der Waals surface area contributed by atoms with Gasteiger partial charge in [-0.2, -0.15) is 0 Å². The van der Waals surface area contributed by atoms with Gasteiger partial charge in [-0.15, -0.1) is 0 Å². The van der Waals surface area contributed by atoms with Crippen LogP contribution in [-0.2, 0) is 4.79 Å². The van der Waals surface area contributed by atoms with Crippen molar-refractivity contribution in [2.45, 2.75) is 32.1 Å². The van der Waals surface area contributed by atoms with Crippen molar-refractivity contribution in [2.24, 2.45) is 11.8 Å². The van der Waals surface area contributed by atoms with E-state index in [0.29, 0.717) is 0 Å². The zero-order chi connectivity index (χ0) is 11.2. The summed E-state index contributed by atoms with van der Waals surface area (Å²) in [6, 6.07) is 0. The second-order valence-corrected chi connectivity index (χ2v) is 4.54. The summed E-state index contributed by atoms with van der Waals surface area (Å²) < 4.78 is 26.4. The van der Waals surface area contributed by atoms with Crippen molar-refractivity contribution in [1.82, 2.24) is 4.90 Å². The maximum atomic E-state index is 13.2. The van der Waals surface area contributed by atoms with Crippen LogP contribution >= 0.6 is 0 Å². The monoisotopic (exact) mass is 215 g/mol. The summed E-state index contributed by atoms with van der Waals surface area (Å²) >= 11 is 0. The van der Waals surface area contributed by atoms with Crippen molar-refractivity contribution in [1.29, 1.82) is 0 Å². The number of halogens is 2. The number of carbonyl (C=O) groups is 1. The number of alkyl halides is 2. The van der Waals surface area contributed by atoms with Gasteiger partial charge in [0.25, 0.3) is 0 Å². The van der Waals surface area contributed by atoms with Crippen LogP contribution in [-0.4, -0.2) is 30.2 Å². The predicted octanol–water partition coefficient (Wildman–Crippen LogP) is 2.06. The summed E-state index contributed by atoms with van der Waals surface area (Å²) in [4.78, 5) is 13.2. The van der Waals surface area contributed by atoms with Crippen LogP contribution in [0.5, 0.6) is 0 Å². The van der Waals surface area contributed by atoms with E-state index in [1.165, 1.54) is 4.90 Å². The Kier molecular flexibility index (Phi) is 2.52. The van der Waals surface area contributed by atoms with E-state index in [4.69, 9.17) is 0 Å². The van der Waals surface area contributed by atoms with Crippen LogP contribution in [0, 0.1) is 11.8 Å². The number of rotatable bonds is 0. The second kappa shape index (κ2) is 3.58. The molecule has 3 unspecified atom stereocenters. The summed E-state index contributed by atoms with van der Waals surface area (Å²) in [5.74, 6) is -0.544. The van der Waals surface area contributed by atoms with Crippen LogP contribution in [0.1, 0.15) is 19.8 Å². The Morgan fingerprint density at radius 2 is 1.80 bits per heavy atom. The quantitative estimate of drug-likeness (QED) is 0.605. The van der Waals surface area contributed by atoms with Gasteiger partial charge in [0.2, 0.25) is 5.91 Å². The van der Waals surface area contributed by atoms with E-state index in [-0.39, 0.29) is 30.6 Å². The van der Waals surface area contributed by atoms with Crippen molar-refractivity contribution in [3.63, 3.8) is 0 Å². The number of hydrogen-bond acceptors (Lipinski definition) is 1. The minimum absolute atomic E-state index is 0.0280. The number of fused-ring (bicyclic) bond motifs is 1. The highest BCUT2D eigenvalue weighted by molar-refractivity contribution is 5.81. The number of allylic oxidation sites excluding steroid dienone is 1. The predicted molar refractivity (Wildman–Crippen MR) is 52.5 cm³/mol. The van der Waals surface area contributed by atoms with Gasteiger partial charge in [-0.1, -0.05) is 5.57 Å². The lowest BCUT2D eigenvalue weighted by atomic mass is 9.72. The molecule has 0 radical (unpaired) electrons. The van der Waals surface area contributed by atoms with Gasteiger partial charge >= 0.3 is 0 Å². The van der Waals surface area contributed by atoms with Crippen LogP contribution in [0.2, 0.25) is 0 Å². The maximum absolute atomic E-state index is 13.2. The standard InChI is InChI=1S/C11H15F2NO/c1-6-5-14(2)11(15)8-4-10(13)9(12)3-7(6)8/h5,7-10H,3-4H2,1-2H3/t7?,8-,9?,10?/m1/s1. The maximum Gasteiger partial charge on any atom is 0.230 e. The average molecular weight is 215 g/mol. The van der Waals surface area contributed by atoms with Crippen LogP contribution < -0.4 is 0 Å². The Labute approximate surface area is 87.9 Å². The first-order valence-electron chi connectivity index (χ1n) is 5.24. The Hall–Kier alpha value is -0.930. The fourth-order valence-electron chi connectivity index (χ4n) is 2.61. The fourth-order valence-corrected chi connectivity index (χ4v) is 2.61. The molecule has 0 N–H and O–H groups in total. The third-order valence-electron chi connectivity index (χ3n) is 3.48. The summed E-state index contributed by atoms with van der Waals surface area (Å²) in [5.41, 5.74) is 0.983. The molecule has 1 heterocycles. The molecule has 0 aromatic carbocycles. The van der Waals surface area contributed by atoms with Crippen LogP contribution in [0.25, 0.3) is 0 Å². The fraction of sp³-hybridized carbons (Fsp3) is 0.727. The molecule has 0 aromatic heterocycles. The highest BCUT2D eigenvalue weighted by atomic mass is 19.2. The molecule has 2 rings (SSSR count). The van der Waals surface area contributed by atoms with Gasteiger partial charge in [-0.25, -0.2) is 8.78 Å². The summed E-state index contributed by atoms with van der Waals surface area (Å²) in [7, 11) is 1.66. The summed E-state index contributed by atoms with van der Waals surface area (Å²) in [6.45, 7) is 1.88. The molecule has 2 aliphatic rings. The van der Waals surface area contributed by atoms with Gasteiger partial charge in [0.1, 0.15) is 12.3 Å². The number of nitrogens with zero attached hydrogens (tertiary/aromatic N) is 1. The SMILES string of the molecule is CC1=CN(C)C(=O)[C@@H]2CC(F)C(F)CC12. The lowest BCUT2D eigenvalue weighted by molar-refractivity contribution is -0.137. The van der Waals surface area contributed by atoms with Crippen molar-refractivity contribution >= 4 is 5.91 Å². The Morgan fingerprint density at radius 1 is 1.27 bits per heavy atom. The normalized spacial score (nSPS) is 41.2. The summed E-state index contributed by atoms with van der Waals surface area (Å²) in [6.07, 6.45) is -0.983. The van der Waals surface area contributed by atoms with Crippen molar-refractivity contribution in [3.05, 3.63) is 11.8 Å². The Bertz CT molecular complexity index is 316. The molecule has 0 aromatic rings. The van der Waals surface area contributed by atoms with E-state index in [2.05, 4.69) is 0 Å². The average Bonchev–Trinajstić information content (AvgIpc) is 2.18. The molecule has 0 saturated heterocycles. The molecule has 0 bridgehead atoms. The molecule has 1 amide bonds. The molecule has 2 nitrogen and oxygen atoms in total. The Balaban J connectivity index is 2.27. The van der Waals surface area contributed by atoms with Gasteiger partial charge in [0.05, 0.1) is 0 Å². The van der Waals surface area contributed by atoms with Gasteiger partial charge in [-0.05, 0) is 25.7 Å². The van der Waals surface area contributed by atoms with Gasteiger partial charge in [0.15, 0.2) is 0 Å². The molecule has 15 heavy (non-hydrogen) atoms. The van der Waals surface area contributed by atoms with Crippen LogP contribution in [0.4, 0.5) is 8.78 Å². The number of amides is 1. The van der Waals surface area contributed by atoms with Crippen molar-refractivity contribution in [2.75, 3.05) is 7.05 Å². The highest BCUT2D eigenvalue weighted by Crippen LogP contribution is 2.41. The number of hydrogen-bond donors (Lipinski definition) is 0. The molecule has 1 saturated carbocycles. The topological polar surface area (TPSA) is 20.3 Å². The largest absolute Gasteiger partial charge is 0.322 e. The van der Waals surface area contributed by atoms with E-state index >= 15 is 0 Å². The van der Waals surface area contributed by atoms with Crippen LogP contribution in [0.15, 0.2) is 11.8 Å². The minimum atomic E-state index is -1.48. The second-order valence-electron chi connectivity index (χ2n) is 4.54. The van der Waals surface area contributed by atoms with Gasteiger partial charge in [-0.3, -0.25) is 4.79 Å². The first-order chi connectivity index (χ1) is 7.00. The Morgan fingerprint density at radius 3 is 2.40 bits per heavy atom. The zero-order valence-electron chi connectivity index (χ0n) is 8.91. The molecule has 1 fully saturated rings. The van der Waals surface area contributed by atoms with E-state index in [1.807, 2.05) is 6.92 Å². The van der Waals surface area contributed by atoms with Crippen molar-refractivity contribution in [3.8, 4) is 0 Å². The van der Waals surface area contributed by atoms with E-state index in [0.717, 1.165) is 5.57 Å². The molecule has 0 spiro atoms. The lowest BCUT2D eigenvalue weighted by Crippen LogP contribution is -2.45. The molecule has 4 heteroatoms. The minimum Gasteiger partial charge on any atom is -0.322 e. The number of carbonyl (C=O) groups excluding carboxylic acids is 1. The first kappa shape index (κ1) is 10.6. The molecule has 1 aliphatic heterocycles. The molecular formula is C11H15F2NO. The van der Waals surface area contributed by atoms with E-state index in [1.54, 1.807) is 13.2 Å².